The summed E-state index contributed by atoms with van der Waals surface area (Å²) >= 11 is 0. The van der Waals surface area contributed by atoms with E-state index in [-0.39, 0.29) is 5.91 Å². The fourth-order valence-corrected chi connectivity index (χ4v) is 4.14. The van der Waals surface area contributed by atoms with Gasteiger partial charge in [-0.1, -0.05) is 42.5 Å². The topological polar surface area (TPSA) is 55.4 Å². The van der Waals surface area contributed by atoms with E-state index >= 15 is 0 Å². The highest BCUT2D eigenvalue weighted by atomic mass is 32.2. The molecule has 0 bridgehead atoms. The number of hydrogen-bond acceptors (Lipinski definition) is 3. The van der Waals surface area contributed by atoms with Crippen molar-refractivity contribution in [2.45, 2.75) is 17.7 Å². The largest absolute Gasteiger partial charge is 0.493 e. The molecule has 0 aromatic heterocycles. The first-order chi connectivity index (χ1) is 13.7. The number of anilines is 1. The number of amides is 1. The van der Waals surface area contributed by atoms with Crippen molar-refractivity contribution >= 4 is 22.4 Å². The van der Waals surface area contributed by atoms with Crippen molar-refractivity contribution in [1.82, 2.24) is 0 Å². The lowest BCUT2D eigenvalue weighted by Crippen LogP contribution is -2.19. The van der Waals surface area contributed by atoms with Gasteiger partial charge in [-0.3, -0.25) is 9.00 Å². The Morgan fingerprint density at radius 2 is 1.64 bits per heavy atom. The van der Waals surface area contributed by atoms with Gasteiger partial charge >= 0.3 is 0 Å². The highest BCUT2D eigenvalue weighted by Crippen LogP contribution is 2.27. The second-order valence-electron chi connectivity index (χ2n) is 6.66. The van der Waals surface area contributed by atoms with E-state index in [1.165, 1.54) is 0 Å². The molecule has 4 nitrogen and oxygen atoms in total. The molecule has 4 rings (SSSR count). The lowest BCUT2D eigenvalue weighted by Gasteiger charge is -2.17. The Balaban J connectivity index is 1.33. The molecule has 1 heterocycles. The molecule has 142 valence electrons. The summed E-state index contributed by atoms with van der Waals surface area (Å²) in [5.41, 5.74) is 4.19. The molecule has 0 saturated carbocycles. The molecule has 3 aromatic carbocycles. The van der Waals surface area contributed by atoms with Crippen LogP contribution in [0.4, 0.5) is 5.69 Å². The smallest absolute Gasteiger partial charge is 0.224 e. The molecule has 1 amide bonds. The molecule has 3 aromatic rings. The molecule has 1 aliphatic heterocycles. The van der Waals surface area contributed by atoms with Crippen molar-refractivity contribution in [2.24, 2.45) is 0 Å². The van der Waals surface area contributed by atoms with E-state index < -0.39 is 10.8 Å². The zero-order valence-electron chi connectivity index (χ0n) is 15.4. The number of ether oxygens (including phenoxy) is 1. The molecule has 5 heteroatoms. The number of hydrogen-bond donors (Lipinski definition) is 1. The summed E-state index contributed by atoms with van der Waals surface area (Å²) < 4.78 is 18.3. The number of aryl methyl sites for hydroxylation is 1. The van der Waals surface area contributed by atoms with Gasteiger partial charge in [0.1, 0.15) is 12.4 Å². The van der Waals surface area contributed by atoms with Gasteiger partial charge in [-0.15, -0.1) is 0 Å². The molecule has 1 aliphatic rings. The van der Waals surface area contributed by atoms with Crippen molar-refractivity contribution in [2.75, 3.05) is 17.7 Å². The van der Waals surface area contributed by atoms with E-state index in [1.807, 2.05) is 60.7 Å². The lowest BCUT2D eigenvalue weighted by molar-refractivity contribution is -0.116. The normalized spacial score (nSPS) is 14.1. The number of carbonyl (C=O) groups is 1. The van der Waals surface area contributed by atoms with Crippen LogP contribution in [0.15, 0.2) is 77.7 Å². The van der Waals surface area contributed by atoms with E-state index in [0.29, 0.717) is 18.8 Å². The van der Waals surface area contributed by atoms with Crippen molar-refractivity contribution in [1.29, 1.82) is 0 Å². The third-order valence-electron chi connectivity index (χ3n) is 4.73. The average Bonchev–Trinajstić information content (AvgIpc) is 2.74. The number of carbonyl (C=O) groups excluding carboxylic acids is 1. The molecular formula is C23H21NO3S. The Labute approximate surface area is 167 Å². The summed E-state index contributed by atoms with van der Waals surface area (Å²) in [5.74, 6) is 1.22. The van der Waals surface area contributed by atoms with Gasteiger partial charge in [-0.05, 0) is 53.4 Å². The molecule has 1 unspecified atom stereocenters. The second-order valence-corrected chi connectivity index (χ2v) is 8.23. The van der Waals surface area contributed by atoms with Crippen LogP contribution in [-0.4, -0.2) is 22.5 Å². The van der Waals surface area contributed by atoms with E-state index in [0.717, 1.165) is 39.4 Å². The lowest BCUT2D eigenvalue weighted by atomic mass is 10.0. The third-order valence-corrected chi connectivity index (χ3v) is 6.07. The van der Waals surface area contributed by atoms with Crippen molar-refractivity contribution < 1.29 is 13.7 Å². The predicted octanol–water partition coefficient (Wildman–Crippen LogP) is 4.42. The van der Waals surface area contributed by atoms with Gasteiger partial charge < -0.3 is 10.1 Å². The zero-order chi connectivity index (χ0) is 19.3. The Morgan fingerprint density at radius 1 is 0.893 bits per heavy atom. The fourth-order valence-electron chi connectivity index (χ4n) is 3.23. The van der Waals surface area contributed by atoms with Gasteiger partial charge in [0.05, 0.1) is 16.6 Å². The summed E-state index contributed by atoms with van der Waals surface area (Å²) in [6.45, 7) is 0.373. The highest BCUT2D eigenvalue weighted by Gasteiger charge is 2.15. The number of rotatable bonds is 6. The Hall–Kier alpha value is -2.92. The Bertz CT molecular complexity index is 1000. The molecule has 28 heavy (non-hydrogen) atoms. The quantitative estimate of drug-likeness (QED) is 0.677. The van der Waals surface area contributed by atoms with Gasteiger partial charge in [0.2, 0.25) is 5.91 Å². The van der Waals surface area contributed by atoms with Crippen LogP contribution < -0.4 is 10.1 Å². The van der Waals surface area contributed by atoms with Gasteiger partial charge in [0, 0.05) is 17.0 Å². The second kappa shape index (κ2) is 8.40. The molecule has 0 spiro atoms. The SMILES string of the molecule is O=C1CCc2cc(OCCS(=O)c3ccc(-c4ccccc4)cc3)ccc2N1. The average molecular weight is 391 g/mol. The summed E-state index contributed by atoms with van der Waals surface area (Å²) in [7, 11) is -1.11. The fraction of sp³-hybridized carbons (Fsp3) is 0.174. The minimum Gasteiger partial charge on any atom is -0.493 e. The first-order valence-corrected chi connectivity index (χ1v) is 10.6. The van der Waals surface area contributed by atoms with Crippen LogP contribution in [0.2, 0.25) is 0 Å². The molecule has 0 fully saturated rings. The number of nitrogens with one attached hydrogen (secondary N) is 1. The summed E-state index contributed by atoms with van der Waals surface area (Å²) in [4.78, 5) is 12.2. The third kappa shape index (κ3) is 4.31. The molecular weight excluding hydrogens is 370 g/mol. The maximum Gasteiger partial charge on any atom is 0.224 e. The highest BCUT2D eigenvalue weighted by molar-refractivity contribution is 7.85. The van der Waals surface area contributed by atoms with Gasteiger partial charge in [0.15, 0.2) is 0 Å². The van der Waals surface area contributed by atoms with Gasteiger partial charge in [-0.25, -0.2) is 0 Å². The Morgan fingerprint density at radius 3 is 2.43 bits per heavy atom. The molecule has 1 N–H and O–H groups in total. The summed E-state index contributed by atoms with van der Waals surface area (Å²) in [6, 6.07) is 23.6. The molecule has 0 radical (unpaired) electrons. The number of fused-ring (bicyclic) bond motifs is 1. The maximum absolute atomic E-state index is 12.5. The number of benzene rings is 3. The van der Waals surface area contributed by atoms with E-state index in [4.69, 9.17) is 4.74 Å². The van der Waals surface area contributed by atoms with E-state index in [2.05, 4.69) is 17.4 Å². The van der Waals surface area contributed by atoms with Crippen LogP contribution in [0.5, 0.6) is 5.75 Å². The molecule has 0 saturated heterocycles. The maximum atomic E-state index is 12.5. The van der Waals surface area contributed by atoms with Gasteiger partial charge in [-0.2, -0.15) is 0 Å². The zero-order valence-corrected chi connectivity index (χ0v) is 16.2. The Kier molecular flexibility index (Phi) is 5.53. The van der Waals surface area contributed by atoms with Crippen LogP contribution >= 0.6 is 0 Å². The van der Waals surface area contributed by atoms with Crippen molar-refractivity contribution in [3.63, 3.8) is 0 Å². The molecule has 0 aliphatic carbocycles. The van der Waals surface area contributed by atoms with E-state index in [9.17, 15) is 9.00 Å². The first-order valence-electron chi connectivity index (χ1n) is 9.28. The summed E-state index contributed by atoms with van der Waals surface area (Å²) in [5, 5.41) is 2.86. The van der Waals surface area contributed by atoms with E-state index in [1.54, 1.807) is 0 Å². The van der Waals surface area contributed by atoms with Crippen molar-refractivity contribution in [3.05, 3.63) is 78.4 Å². The predicted molar refractivity (Wildman–Crippen MR) is 112 cm³/mol. The first kappa shape index (κ1) is 18.4. The minimum absolute atomic E-state index is 0.0508. The monoisotopic (exact) mass is 391 g/mol. The standard InChI is InChI=1S/C23H21NO3S/c25-23-13-8-19-16-20(9-12-22(19)24-23)27-14-15-28(26)21-10-6-18(7-11-21)17-4-2-1-3-5-17/h1-7,9-12,16H,8,13-15H2,(H,24,25). The van der Waals surface area contributed by atoms with Crippen LogP contribution in [0.3, 0.4) is 0 Å². The van der Waals surface area contributed by atoms with Crippen molar-refractivity contribution in [3.8, 4) is 16.9 Å². The van der Waals surface area contributed by atoms with Crippen LogP contribution in [0.25, 0.3) is 11.1 Å². The van der Waals surface area contributed by atoms with Gasteiger partial charge in [0.25, 0.3) is 0 Å². The van der Waals surface area contributed by atoms with Crippen LogP contribution in [0, 0.1) is 0 Å². The minimum atomic E-state index is -1.11. The van der Waals surface area contributed by atoms with Crippen LogP contribution in [0.1, 0.15) is 12.0 Å². The molecule has 1 atom stereocenters. The van der Waals surface area contributed by atoms with Crippen LogP contribution in [-0.2, 0) is 22.0 Å². The summed E-state index contributed by atoms with van der Waals surface area (Å²) in [6.07, 6.45) is 1.22.